The van der Waals surface area contributed by atoms with Crippen LogP contribution >= 0.6 is 23.1 Å². The molecule has 2 rings (SSSR count). The summed E-state index contributed by atoms with van der Waals surface area (Å²) in [5.74, 6) is 1.21. The summed E-state index contributed by atoms with van der Waals surface area (Å²) in [7, 11) is 0. The Kier molecular flexibility index (Phi) is 4.88. The van der Waals surface area contributed by atoms with Crippen molar-refractivity contribution in [1.82, 2.24) is 4.98 Å². The first-order valence-electron chi connectivity index (χ1n) is 5.63. The lowest BCUT2D eigenvalue weighted by Crippen LogP contribution is -2.02. The van der Waals surface area contributed by atoms with Crippen molar-refractivity contribution in [2.24, 2.45) is 0 Å². The Morgan fingerprint density at radius 2 is 2.35 bits per heavy atom. The van der Waals surface area contributed by atoms with Crippen molar-refractivity contribution < 1.29 is 0 Å². The lowest BCUT2D eigenvalue weighted by Gasteiger charge is -2.06. The number of anilines is 1. The molecule has 2 aromatic rings. The molecule has 0 unspecified atom stereocenters. The molecule has 1 aromatic heterocycles. The molecule has 0 spiro atoms. The van der Waals surface area contributed by atoms with E-state index in [1.54, 1.807) is 11.3 Å². The lowest BCUT2D eigenvalue weighted by atomic mass is 10.2. The molecule has 90 valence electrons. The molecule has 0 fully saturated rings. The molecule has 1 heterocycles. The van der Waals surface area contributed by atoms with Gasteiger partial charge in [0.2, 0.25) is 0 Å². The average Bonchev–Trinajstić information content (AvgIpc) is 2.89. The molecule has 17 heavy (non-hydrogen) atoms. The highest BCUT2D eigenvalue weighted by Crippen LogP contribution is 2.24. The van der Waals surface area contributed by atoms with Crippen molar-refractivity contribution in [3.05, 3.63) is 35.8 Å². The number of nitrogens with zero attached hydrogens (tertiary/aromatic N) is 1. The van der Waals surface area contributed by atoms with E-state index in [1.807, 2.05) is 23.3 Å². The monoisotopic (exact) mass is 264 g/mol. The molecule has 0 atom stereocenters. The highest BCUT2D eigenvalue weighted by molar-refractivity contribution is 7.98. The Bertz CT molecular complexity index is 440. The number of thioether (sulfide) groups is 1. The van der Waals surface area contributed by atoms with Crippen LogP contribution < -0.4 is 5.32 Å². The van der Waals surface area contributed by atoms with Crippen LogP contribution in [0, 0.1) is 0 Å². The van der Waals surface area contributed by atoms with Crippen LogP contribution in [0.2, 0.25) is 0 Å². The molecule has 0 bridgehead atoms. The van der Waals surface area contributed by atoms with Crippen LogP contribution in [0.5, 0.6) is 0 Å². The zero-order chi connectivity index (χ0) is 11.9. The fraction of sp³-hybridized carbons (Fsp3) is 0.308. The minimum Gasteiger partial charge on any atom is -0.385 e. The van der Waals surface area contributed by atoms with Crippen molar-refractivity contribution in [2.45, 2.75) is 6.42 Å². The van der Waals surface area contributed by atoms with E-state index in [2.05, 4.69) is 40.8 Å². The second-order valence-electron chi connectivity index (χ2n) is 3.69. The summed E-state index contributed by atoms with van der Waals surface area (Å²) in [5, 5.41) is 6.53. The zero-order valence-electron chi connectivity index (χ0n) is 9.85. The largest absolute Gasteiger partial charge is 0.385 e. The van der Waals surface area contributed by atoms with Gasteiger partial charge >= 0.3 is 0 Å². The molecular weight excluding hydrogens is 248 g/mol. The molecule has 1 N–H and O–H groups in total. The van der Waals surface area contributed by atoms with Gasteiger partial charge in [-0.2, -0.15) is 11.8 Å². The summed E-state index contributed by atoms with van der Waals surface area (Å²) in [6.07, 6.45) is 5.18. The summed E-state index contributed by atoms with van der Waals surface area (Å²) in [4.78, 5) is 4.32. The second kappa shape index (κ2) is 6.67. The maximum Gasteiger partial charge on any atom is 0.123 e. The normalized spacial score (nSPS) is 10.4. The zero-order valence-corrected chi connectivity index (χ0v) is 11.5. The first-order valence-corrected chi connectivity index (χ1v) is 7.90. The van der Waals surface area contributed by atoms with Crippen LogP contribution in [0.1, 0.15) is 6.42 Å². The van der Waals surface area contributed by atoms with Gasteiger partial charge in [-0.15, -0.1) is 11.3 Å². The summed E-state index contributed by atoms with van der Waals surface area (Å²) in [6.45, 7) is 1.03. The van der Waals surface area contributed by atoms with Crippen LogP contribution in [0.25, 0.3) is 10.6 Å². The number of hydrogen-bond donors (Lipinski definition) is 1. The topological polar surface area (TPSA) is 24.9 Å². The van der Waals surface area contributed by atoms with Gasteiger partial charge in [0.25, 0.3) is 0 Å². The van der Waals surface area contributed by atoms with Crippen molar-refractivity contribution in [3.63, 3.8) is 0 Å². The molecule has 2 nitrogen and oxygen atoms in total. The fourth-order valence-electron chi connectivity index (χ4n) is 1.58. The van der Waals surface area contributed by atoms with Crippen molar-refractivity contribution in [2.75, 3.05) is 23.9 Å². The molecule has 0 radical (unpaired) electrons. The quantitative estimate of drug-likeness (QED) is 0.799. The minimum atomic E-state index is 1.03. The Labute approximate surface area is 110 Å². The van der Waals surface area contributed by atoms with Gasteiger partial charge in [0.15, 0.2) is 0 Å². The van der Waals surface area contributed by atoms with E-state index < -0.39 is 0 Å². The molecular formula is C13H16N2S2. The molecule has 0 aliphatic heterocycles. The molecule has 4 heteroatoms. The van der Waals surface area contributed by atoms with Gasteiger partial charge in [-0.1, -0.05) is 12.1 Å². The number of rotatable bonds is 6. The third-order valence-electron chi connectivity index (χ3n) is 2.40. The first-order chi connectivity index (χ1) is 8.40. The molecule has 0 saturated heterocycles. The highest BCUT2D eigenvalue weighted by atomic mass is 32.2. The Hall–Kier alpha value is -1.00. The molecule has 1 aromatic carbocycles. The van der Waals surface area contributed by atoms with E-state index in [9.17, 15) is 0 Å². The van der Waals surface area contributed by atoms with Crippen LogP contribution in [0.15, 0.2) is 35.8 Å². The third kappa shape index (κ3) is 3.75. The summed E-state index contributed by atoms with van der Waals surface area (Å²) in [6, 6.07) is 8.45. The summed E-state index contributed by atoms with van der Waals surface area (Å²) < 4.78 is 0. The molecule has 0 amide bonds. The molecule has 0 aliphatic rings. The predicted molar refractivity (Wildman–Crippen MR) is 79.0 cm³/mol. The van der Waals surface area contributed by atoms with E-state index in [1.165, 1.54) is 23.4 Å². The SMILES string of the molecule is CSCCCNc1cccc(-c2nccs2)c1. The number of nitrogens with one attached hydrogen (secondary N) is 1. The van der Waals surface area contributed by atoms with Crippen LogP contribution in [-0.2, 0) is 0 Å². The third-order valence-corrected chi connectivity index (χ3v) is 3.92. The summed E-state index contributed by atoms with van der Waals surface area (Å²) in [5.41, 5.74) is 2.37. The predicted octanol–water partition coefficient (Wildman–Crippen LogP) is 3.98. The van der Waals surface area contributed by atoms with Gasteiger partial charge in [0, 0.05) is 29.4 Å². The standard InChI is InChI=1S/C13H16N2S2/c1-16-8-3-6-14-12-5-2-4-11(10-12)13-15-7-9-17-13/h2,4-5,7,9-10,14H,3,6,8H2,1H3. The van der Waals surface area contributed by atoms with Gasteiger partial charge in [0.1, 0.15) is 5.01 Å². The van der Waals surface area contributed by atoms with E-state index >= 15 is 0 Å². The van der Waals surface area contributed by atoms with Gasteiger partial charge in [0.05, 0.1) is 0 Å². The van der Waals surface area contributed by atoms with E-state index in [0.29, 0.717) is 0 Å². The smallest absolute Gasteiger partial charge is 0.123 e. The van der Waals surface area contributed by atoms with Crippen LogP contribution in [-0.4, -0.2) is 23.5 Å². The van der Waals surface area contributed by atoms with Gasteiger partial charge in [-0.25, -0.2) is 4.98 Å². The minimum absolute atomic E-state index is 1.03. The van der Waals surface area contributed by atoms with Gasteiger partial charge < -0.3 is 5.32 Å². The lowest BCUT2D eigenvalue weighted by molar-refractivity contribution is 0.993. The average molecular weight is 264 g/mol. The Balaban J connectivity index is 1.97. The number of aromatic nitrogens is 1. The highest BCUT2D eigenvalue weighted by Gasteiger charge is 2.00. The van der Waals surface area contributed by atoms with E-state index in [4.69, 9.17) is 0 Å². The Morgan fingerprint density at radius 3 is 3.12 bits per heavy atom. The Morgan fingerprint density at radius 1 is 1.41 bits per heavy atom. The van der Waals surface area contributed by atoms with Gasteiger partial charge in [-0.3, -0.25) is 0 Å². The molecule has 0 saturated carbocycles. The second-order valence-corrected chi connectivity index (χ2v) is 5.57. The fourth-order valence-corrected chi connectivity index (χ4v) is 2.65. The summed E-state index contributed by atoms with van der Waals surface area (Å²) >= 11 is 3.56. The van der Waals surface area contributed by atoms with E-state index in [-0.39, 0.29) is 0 Å². The van der Waals surface area contributed by atoms with E-state index in [0.717, 1.165) is 11.6 Å². The van der Waals surface area contributed by atoms with Gasteiger partial charge in [-0.05, 0) is 30.6 Å². The number of hydrogen-bond acceptors (Lipinski definition) is 4. The maximum absolute atomic E-state index is 4.32. The number of thiazole rings is 1. The van der Waals surface area contributed by atoms with Crippen molar-refractivity contribution >= 4 is 28.8 Å². The number of benzene rings is 1. The first kappa shape index (κ1) is 12.5. The van der Waals surface area contributed by atoms with Crippen molar-refractivity contribution in [1.29, 1.82) is 0 Å². The van der Waals surface area contributed by atoms with Crippen LogP contribution in [0.3, 0.4) is 0 Å². The molecule has 0 aliphatic carbocycles. The maximum atomic E-state index is 4.32. The van der Waals surface area contributed by atoms with Crippen LogP contribution in [0.4, 0.5) is 5.69 Å². The van der Waals surface area contributed by atoms with Crippen molar-refractivity contribution in [3.8, 4) is 10.6 Å².